The Morgan fingerprint density at radius 3 is 2.38 bits per heavy atom. The highest BCUT2D eigenvalue weighted by atomic mass is 79.9. The molecule has 0 aromatic heterocycles. The summed E-state index contributed by atoms with van der Waals surface area (Å²) in [6.07, 6.45) is 6.07. The molecule has 2 atom stereocenters. The molecule has 1 rings (SSSR count). The highest BCUT2D eigenvalue weighted by molar-refractivity contribution is 9.11. The molecular formula is C11H19BrO. The molecule has 2 heteroatoms. The van der Waals surface area contributed by atoms with Crippen molar-refractivity contribution in [1.29, 1.82) is 0 Å². The van der Waals surface area contributed by atoms with Gasteiger partial charge in [0, 0.05) is 5.92 Å². The van der Waals surface area contributed by atoms with Crippen molar-refractivity contribution in [3.63, 3.8) is 0 Å². The standard InChI is InChI=1S/C11H19BrO/c1-8(9(2)12)11(13)10-6-4-3-5-7-10/h8,10-11,13H,2-7H2,1H3/t8-,11+/m0/s1. The van der Waals surface area contributed by atoms with Gasteiger partial charge < -0.3 is 5.11 Å². The van der Waals surface area contributed by atoms with Crippen LogP contribution in [0.3, 0.4) is 0 Å². The lowest BCUT2D eigenvalue weighted by Gasteiger charge is -2.30. The van der Waals surface area contributed by atoms with Gasteiger partial charge in [0.15, 0.2) is 0 Å². The number of aliphatic hydroxyl groups is 1. The molecule has 0 saturated heterocycles. The van der Waals surface area contributed by atoms with Crippen LogP contribution in [-0.4, -0.2) is 11.2 Å². The van der Waals surface area contributed by atoms with Crippen molar-refractivity contribution in [3.05, 3.63) is 11.1 Å². The van der Waals surface area contributed by atoms with E-state index >= 15 is 0 Å². The molecule has 1 aliphatic rings. The summed E-state index contributed by atoms with van der Waals surface area (Å²) in [6.45, 7) is 5.87. The van der Waals surface area contributed by atoms with Crippen molar-refractivity contribution in [3.8, 4) is 0 Å². The monoisotopic (exact) mass is 246 g/mol. The minimum atomic E-state index is -0.202. The lowest BCUT2D eigenvalue weighted by Crippen LogP contribution is -2.29. The molecule has 1 N–H and O–H groups in total. The fourth-order valence-corrected chi connectivity index (χ4v) is 2.34. The van der Waals surface area contributed by atoms with Gasteiger partial charge in [-0.25, -0.2) is 0 Å². The second kappa shape index (κ2) is 5.16. The maximum Gasteiger partial charge on any atom is 0.0639 e. The first kappa shape index (κ1) is 11.3. The van der Waals surface area contributed by atoms with E-state index in [4.69, 9.17) is 0 Å². The van der Waals surface area contributed by atoms with Gasteiger partial charge in [-0.2, -0.15) is 0 Å². The van der Waals surface area contributed by atoms with Gasteiger partial charge in [-0.05, 0) is 23.2 Å². The van der Waals surface area contributed by atoms with Crippen molar-refractivity contribution in [2.75, 3.05) is 0 Å². The summed E-state index contributed by atoms with van der Waals surface area (Å²) in [7, 11) is 0. The van der Waals surface area contributed by atoms with Crippen molar-refractivity contribution in [1.82, 2.24) is 0 Å². The summed E-state index contributed by atoms with van der Waals surface area (Å²) in [5.41, 5.74) is 0. The van der Waals surface area contributed by atoms with Crippen LogP contribution in [0.15, 0.2) is 11.1 Å². The summed E-state index contributed by atoms with van der Waals surface area (Å²) in [5, 5.41) is 10.0. The Labute approximate surface area is 89.4 Å². The van der Waals surface area contributed by atoms with E-state index in [0.717, 1.165) is 4.48 Å². The SMILES string of the molecule is C=C(Br)[C@H](C)[C@@H](O)C1CCCCC1. The first-order valence-corrected chi connectivity index (χ1v) is 5.94. The molecule has 0 aromatic carbocycles. The minimum absolute atomic E-state index is 0.183. The zero-order valence-electron chi connectivity index (χ0n) is 8.30. The molecule has 1 saturated carbocycles. The van der Waals surface area contributed by atoms with Gasteiger partial charge in [0.1, 0.15) is 0 Å². The predicted octanol–water partition coefficient (Wildman–Crippen LogP) is 3.47. The molecule has 1 nitrogen and oxygen atoms in total. The Morgan fingerprint density at radius 2 is 1.92 bits per heavy atom. The van der Waals surface area contributed by atoms with Gasteiger partial charge in [0.2, 0.25) is 0 Å². The molecule has 76 valence electrons. The fraction of sp³-hybridized carbons (Fsp3) is 0.818. The van der Waals surface area contributed by atoms with E-state index in [1.165, 1.54) is 32.1 Å². The minimum Gasteiger partial charge on any atom is -0.392 e. The van der Waals surface area contributed by atoms with Crippen LogP contribution < -0.4 is 0 Å². The third-order valence-electron chi connectivity index (χ3n) is 3.14. The summed E-state index contributed by atoms with van der Waals surface area (Å²) < 4.78 is 0.922. The highest BCUT2D eigenvalue weighted by Crippen LogP contribution is 2.32. The average Bonchev–Trinajstić information content (AvgIpc) is 2.17. The van der Waals surface area contributed by atoms with E-state index in [1.807, 2.05) is 6.92 Å². The van der Waals surface area contributed by atoms with E-state index < -0.39 is 0 Å². The van der Waals surface area contributed by atoms with Crippen LogP contribution >= 0.6 is 15.9 Å². The Kier molecular flexibility index (Phi) is 4.47. The Bertz CT molecular complexity index is 173. The Morgan fingerprint density at radius 1 is 1.38 bits per heavy atom. The van der Waals surface area contributed by atoms with E-state index in [0.29, 0.717) is 5.92 Å². The van der Waals surface area contributed by atoms with Gasteiger partial charge in [-0.3, -0.25) is 0 Å². The van der Waals surface area contributed by atoms with Gasteiger partial charge in [-0.15, -0.1) is 0 Å². The smallest absolute Gasteiger partial charge is 0.0639 e. The molecule has 0 aliphatic heterocycles. The predicted molar refractivity (Wildman–Crippen MR) is 59.8 cm³/mol. The first-order valence-electron chi connectivity index (χ1n) is 5.15. The normalized spacial score (nSPS) is 23.9. The third-order valence-corrected chi connectivity index (χ3v) is 3.86. The Hall–Kier alpha value is 0.180. The van der Waals surface area contributed by atoms with Crippen LogP contribution in [0.2, 0.25) is 0 Å². The van der Waals surface area contributed by atoms with Crippen LogP contribution in [0.5, 0.6) is 0 Å². The molecule has 0 unspecified atom stereocenters. The number of halogens is 1. The van der Waals surface area contributed by atoms with Gasteiger partial charge in [0.25, 0.3) is 0 Å². The van der Waals surface area contributed by atoms with Gasteiger partial charge in [0.05, 0.1) is 6.10 Å². The van der Waals surface area contributed by atoms with Crippen LogP contribution in [-0.2, 0) is 0 Å². The zero-order valence-corrected chi connectivity index (χ0v) is 9.89. The van der Waals surface area contributed by atoms with Crippen molar-refractivity contribution >= 4 is 15.9 Å². The molecule has 1 fully saturated rings. The van der Waals surface area contributed by atoms with Gasteiger partial charge in [-0.1, -0.05) is 48.7 Å². The van der Waals surface area contributed by atoms with Crippen molar-refractivity contribution in [2.45, 2.75) is 45.1 Å². The maximum atomic E-state index is 10.0. The van der Waals surface area contributed by atoms with E-state index in [2.05, 4.69) is 22.5 Å². The molecule has 0 radical (unpaired) electrons. The van der Waals surface area contributed by atoms with Crippen LogP contribution in [0.25, 0.3) is 0 Å². The molecule has 0 aromatic rings. The maximum absolute atomic E-state index is 10.0. The van der Waals surface area contributed by atoms with E-state index in [1.54, 1.807) is 0 Å². The van der Waals surface area contributed by atoms with Gasteiger partial charge >= 0.3 is 0 Å². The van der Waals surface area contributed by atoms with E-state index in [9.17, 15) is 5.11 Å². The lowest BCUT2D eigenvalue weighted by molar-refractivity contribution is 0.0549. The number of hydrogen-bond acceptors (Lipinski definition) is 1. The molecule has 0 bridgehead atoms. The quantitative estimate of drug-likeness (QED) is 0.809. The van der Waals surface area contributed by atoms with Crippen LogP contribution in [0, 0.1) is 11.8 Å². The number of hydrogen-bond donors (Lipinski definition) is 1. The topological polar surface area (TPSA) is 20.2 Å². The summed E-state index contributed by atoms with van der Waals surface area (Å²) in [5.74, 6) is 0.682. The van der Waals surface area contributed by atoms with E-state index in [-0.39, 0.29) is 12.0 Å². The summed E-state index contributed by atoms with van der Waals surface area (Å²) >= 11 is 3.35. The van der Waals surface area contributed by atoms with Crippen LogP contribution in [0.4, 0.5) is 0 Å². The largest absolute Gasteiger partial charge is 0.392 e. The molecule has 13 heavy (non-hydrogen) atoms. The molecule has 0 amide bonds. The van der Waals surface area contributed by atoms with Crippen LogP contribution in [0.1, 0.15) is 39.0 Å². The molecule has 0 heterocycles. The first-order chi connectivity index (χ1) is 6.13. The zero-order chi connectivity index (χ0) is 9.84. The van der Waals surface area contributed by atoms with Crippen molar-refractivity contribution in [2.24, 2.45) is 11.8 Å². The fourth-order valence-electron chi connectivity index (χ4n) is 2.07. The lowest BCUT2D eigenvalue weighted by atomic mass is 9.81. The number of rotatable bonds is 3. The Balaban J connectivity index is 2.44. The molecule has 0 spiro atoms. The highest BCUT2D eigenvalue weighted by Gasteiger charge is 2.26. The summed E-state index contributed by atoms with van der Waals surface area (Å²) in [4.78, 5) is 0. The number of aliphatic hydroxyl groups excluding tert-OH is 1. The second-order valence-corrected chi connectivity index (χ2v) is 5.14. The third kappa shape index (κ3) is 3.10. The average molecular weight is 247 g/mol. The summed E-state index contributed by atoms with van der Waals surface area (Å²) in [6, 6.07) is 0. The second-order valence-electron chi connectivity index (χ2n) is 4.12. The molecule has 1 aliphatic carbocycles. The van der Waals surface area contributed by atoms with Crippen molar-refractivity contribution < 1.29 is 5.11 Å². The molecular weight excluding hydrogens is 228 g/mol.